The van der Waals surface area contributed by atoms with Crippen LogP contribution in [0, 0.1) is 10.1 Å². The molecule has 0 aromatic heterocycles. The number of nitro benzene ring substituents is 1. The predicted octanol–water partition coefficient (Wildman–Crippen LogP) is 3.96. The summed E-state index contributed by atoms with van der Waals surface area (Å²) in [6.45, 7) is 2.81. The molecule has 172 valence electrons. The van der Waals surface area contributed by atoms with Crippen LogP contribution in [0.5, 0.6) is 0 Å². The number of fused-ring (bicyclic) bond motifs is 1. The molecular formula is C24H26N4O5. The van der Waals surface area contributed by atoms with Crippen molar-refractivity contribution >= 4 is 29.1 Å². The summed E-state index contributed by atoms with van der Waals surface area (Å²) in [6.07, 6.45) is 2.92. The minimum atomic E-state index is -0.416. The van der Waals surface area contributed by atoms with Gasteiger partial charge in [-0.3, -0.25) is 19.8 Å². The first kappa shape index (κ1) is 21.2. The third-order valence-corrected chi connectivity index (χ3v) is 6.78. The van der Waals surface area contributed by atoms with E-state index in [1.54, 1.807) is 21.9 Å². The summed E-state index contributed by atoms with van der Waals surface area (Å²) in [5.41, 5.74) is 2.67. The molecule has 2 fully saturated rings. The topological polar surface area (TPSA) is 96.2 Å². The largest absolute Gasteiger partial charge is 0.444 e. The molecule has 5 rings (SSSR count). The van der Waals surface area contributed by atoms with Crippen molar-refractivity contribution in [2.24, 2.45) is 0 Å². The maximum absolute atomic E-state index is 12.7. The highest BCUT2D eigenvalue weighted by molar-refractivity contribution is 5.96. The number of cyclic esters (lactones) is 1. The predicted molar refractivity (Wildman–Crippen MR) is 123 cm³/mol. The van der Waals surface area contributed by atoms with Crippen molar-refractivity contribution < 1.29 is 19.2 Å². The number of rotatable bonds is 4. The van der Waals surface area contributed by atoms with Crippen LogP contribution in [0.1, 0.15) is 41.6 Å². The number of para-hydroxylation sites is 1. The maximum Gasteiger partial charge on any atom is 0.414 e. The van der Waals surface area contributed by atoms with Gasteiger partial charge in [0.1, 0.15) is 12.3 Å². The third-order valence-electron chi connectivity index (χ3n) is 6.78. The zero-order chi connectivity index (χ0) is 22.9. The van der Waals surface area contributed by atoms with E-state index in [-0.39, 0.29) is 30.3 Å². The lowest BCUT2D eigenvalue weighted by atomic mass is 9.99. The molecule has 2 saturated heterocycles. The van der Waals surface area contributed by atoms with Crippen molar-refractivity contribution in [2.75, 3.05) is 36.0 Å². The van der Waals surface area contributed by atoms with Crippen LogP contribution in [0.2, 0.25) is 0 Å². The second-order valence-electron chi connectivity index (χ2n) is 8.73. The van der Waals surface area contributed by atoms with Crippen LogP contribution in [0.15, 0.2) is 42.5 Å². The first-order valence-corrected chi connectivity index (χ1v) is 11.4. The molecule has 3 heterocycles. The molecule has 3 aliphatic heterocycles. The number of carbonyl (C=O) groups excluding carboxylic acids is 2. The molecule has 2 aromatic carbocycles. The number of nitrogens with zero attached hydrogens (tertiary/aromatic N) is 4. The fourth-order valence-electron chi connectivity index (χ4n) is 5.06. The summed E-state index contributed by atoms with van der Waals surface area (Å²) in [5.74, 6) is -0.150. The van der Waals surface area contributed by atoms with Gasteiger partial charge in [0.25, 0.3) is 11.6 Å². The van der Waals surface area contributed by atoms with Crippen molar-refractivity contribution in [1.82, 2.24) is 4.90 Å². The molecule has 0 atom stereocenters. The van der Waals surface area contributed by atoms with Gasteiger partial charge in [0.05, 0.1) is 10.6 Å². The average molecular weight is 450 g/mol. The van der Waals surface area contributed by atoms with Gasteiger partial charge >= 0.3 is 6.09 Å². The molecule has 0 bridgehead atoms. The van der Waals surface area contributed by atoms with Crippen LogP contribution in [0.3, 0.4) is 0 Å². The first-order valence-electron chi connectivity index (χ1n) is 11.4. The van der Waals surface area contributed by atoms with Crippen LogP contribution in [-0.4, -0.2) is 54.0 Å². The Bertz CT molecular complexity index is 1090. The Morgan fingerprint density at radius 3 is 2.45 bits per heavy atom. The Balaban J connectivity index is 1.33. The van der Waals surface area contributed by atoms with Gasteiger partial charge in [0.2, 0.25) is 0 Å². The van der Waals surface area contributed by atoms with Gasteiger partial charge in [-0.05, 0) is 43.9 Å². The van der Waals surface area contributed by atoms with Crippen LogP contribution >= 0.6 is 0 Å². The molecule has 0 N–H and O–H groups in total. The van der Waals surface area contributed by atoms with E-state index in [2.05, 4.69) is 0 Å². The number of piperidine rings is 1. The molecule has 0 aliphatic carbocycles. The molecule has 9 nitrogen and oxygen atoms in total. The Labute approximate surface area is 191 Å². The normalized spacial score (nSPS) is 18.8. The number of amides is 2. The summed E-state index contributed by atoms with van der Waals surface area (Å²) in [4.78, 5) is 42.1. The van der Waals surface area contributed by atoms with E-state index < -0.39 is 4.92 Å². The third kappa shape index (κ3) is 3.99. The molecule has 3 aliphatic rings. The lowest BCUT2D eigenvalue weighted by Crippen LogP contribution is -2.49. The monoisotopic (exact) mass is 450 g/mol. The van der Waals surface area contributed by atoms with Crippen molar-refractivity contribution in [2.45, 2.75) is 38.3 Å². The van der Waals surface area contributed by atoms with Gasteiger partial charge in [-0.1, -0.05) is 18.2 Å². The minimum absolute atomic E-state index is 0.0368. The second kappa shape index (κ2) is 8.73. The van der Waals surface area contributed by atoms with E-state index in [4.69, 9.17) is 4.74 Å². The Morgan fingerprint density at radius 2 is 1.73 bits per heavy atom. The molecule has 33 heavy (non-hydrogen) atoms. The average Bonchev–Trinajstić information content (AvgIpc) is 3.38. The molecule has 2 aromatic rings. The van der Waals surface area contributed by atoms with Crippen molar-refractivity contribution in [3.8, 4) is 0 Å². The quantitative estimate of drug-likeness (QED) is 0.517. The van der Waals surface area contributed by atoms with E-state index in [9.17, 15) is 19.7 Å². The van der Waals surface area contributed by atoms with Gasteiger partial charge in [0, 0.05) is 49.4 Å². The highest BCUT2D eigenvalue weighted by Crippen LogP contribution is 2.35. The number of hydrogen-bond acceptors (Lipinski definition) is 6. The first-order chi connectivity index (χ1) is 16.0. The van der Waals surface area contributed by atoms with Gasteiger partial charge in [-0.25, -0.2) is 4.79 Å². The number of likely N-dealkylation sites (tertiary alicyclic amines) is 1. The van der Waals surface area contributed by atoms with E-state index in [0.29, 0.717) is 50.3 Å². The second-order valence-corrected chi connectivity index (χ2v) is 8.73. The SMILES string of the molecule is O=C(c1ccc(N2CCC(N3C(=O)OCc4ccccc43)CC2)c([N+](=O)[O-])c1)N1CCCC1. The van der Waals surface area contributed by atoms with Crippen LogP contribution in [-0.2, 0) is 11.3 Å². The molecule has 9 heteroatoms. The number of benzene rings is 2. The Kier molecular flexibility index (Phi) is 5.62. The van der Waals surface area contributed by atoms with E-state index in [0.717, 1.165) is 24.1 Å². The van der Waals surface area contributed by atoms with Gasteiger partial charge in [-0.15, -0.1) is 0 Å². The lowest BCUT2D eigenvalue weighted by molar-refractivity contribution is -0.384. The summed E-state index contributed by atoms with van der Waals surface area (Å²) < 4.78 is 5.36. The molecule has 0 unspecified atom stereocenters. The summed E-state index contributed by atoms with van der Waals surface area (Å²) in [7, 11) is 0. The van der Waals surface area contributed by atoms with Gasteiger partial charge < -0.3 is 14.5 Å². The summed E-state index contributed by atoms with van der Waals surface area (Å²) in [5, 5.41) is 11.8. The van der Waals surface area contributed by atoms with Gasteiger partial charge in [-0.2, -0.15) is 0 Å². The molecule has 0 spiro atoms. The summed E-state index contributed by atoms with van der Waals surface area (Å²) >= 11 is 0. The molecule has 0 saturated carbocycles. The smallest absolute Gasteiger partial charge is 0.414 e. The zero-order valence-electron chi connectivity index (χ0n) is 18.3. The van der Waals surface area contributed by atoms with Crippen molar-refractivity contribution in [1.29, 1.82) is 0 Å². The van der Waals surface area contributed by atoms with Crippen LogP contribution in [0.4, 0.5) is 21.9 Å². The zero-order valence-corrected chi connectivity index (χ0v) is 18.3. The highest BCUT2D eigenvalue weighted by Gasteiger charge is 2.35. The Hall–Kier alpha value is -3.62. The van der Waals surface area contributed by atoms with Crippen LogP contribution < -0.4 is 9.80 Å². The fraction of sp³-hybridized carbons (Fsp3) is 0.417. The van der Waals surface area contributed by atoms with E-state index in [1.165, 1.54) is 6.07 Å². The number of nitro groups is 1. The molecule has 0 radical (unpaired) electrons. The van der Waals surface area contributed by atoms with E-state index >= 15 is 0 Å². The highest BCUT2D eigenvalue weighted by atomic mass is 16.6. The standard InChI is InChI=1S/C24H26N4O5/c29-23(26-11-3-4-12-26)17-7-8-21(22(15-17)28(31)32)25-13-9-19(10-14-25)27-20-6-2-1-5-18(20)16-33-24(27)30/h1-2,5-8,15,19H,3-4,9-14,16H2. The fourth-order valence-corrected chi connectivity index (χ4v) is 5.06. The van der Waals surface area contributed by atoms with E-state index in [1.807, 2.05) is 29.2 Å². The van der Waals surface area contributed by atoms with Gasteiger partial charge in [0.15, 0.2) is 0 Å². The lowest BCUT2D eigenvalue weighted by Gasteiger charge is -2.40. The van der Waals surface area contributed by atoms with Crippen molar-refractivity contribution in [3.05, 3.63) is 63.7 Å². The van der Waals surface area contributed by atoms with Crippen LogP contribution in [0.25, 0.3) is 0 Å². The maximum atomic E-state index is 12.7. The van der Waals surface area contributed by atoms with Crippen molar-refractivity contribution in [3.63, 3.8) is 0 Å². The number of ether oxygens (including phenoxy) is 1. The Morgan fingerprint density at radius 1 is 1.00 bits per heavy atom. The summed E-state index contributed by atoms with van der Waals surface area (Å²) in [6, 6.07) is 12.5. The minimum Gasteiger partial charge on any atom is -0.444 e. The number of carbonyl (C=O) groups is 2. The number of hydrogen-bond donors (Lipinski definition) is 0. The molecular weight excluding hydrogens is 424 g/mol. The number of anilines is 2. The molecule has 2 amide bonds.